The fourth-order valence-corrected chi connectivity index (χ4v) is 2.33. The van der Waals surface area contributed by atoms with Crippen molar-refractivity contribution in [2.45, 2.75) is 6.61 Å². The summed E-state index contributed by atoms with van der Waals surface area (Å²) >= 11 is 0. The third-order valence-corrected chi connectivity index (χ3v) is 3.46. The van der Waals surface area contributed by atoms with Gasteiger partial charge in [-0.1, -0.05) is 18.2 Å². The zero-order valence-corrected chi connectivity index (χ0v) is 12.3. The van der Waals surface area contributed by atoms with Crippen LogP contribution in [0.1, 0.15) is 11.1 Å². The first-order chi connectivity index (χ1) is 10.8. The lowest BCUT2D eigenvalue weighted by Gasteiger charge is -2.11. The van der Waals surface area contributed by atoms with Crippen LogP contribution in [0.5, 0.6) is 11.5 Å². The molecule has 0 saturated heterocycles. The standard InChI is InChI=1S/C17H17FN2O2/c1-21-15-5-3-2-4-13(15)11-22-16-7-6-12(10-14(16)18)17-19-8-9-20-17/h2-7,10H,8-9,11H2,1H3,(H,19,20). The number of halogens is 1. The SMILES string of the molecule is COc1ccccc1COc1ccc(C2=NCCN2)cc1F. The Hall–Kier alpha value is -2.56. The molecule has 0 aromatic heterocycles. The van der Waals surface area contributed by atoms with E-state index in [9.17, 15) is 4.39 Å². The lowest BCUT2D eigenvalue weighted by atomic mass is 10.2. The molecule has 4 nitrogen and oxygen atoms in total. The van der Waals surface area contributed by atoms with E-state index in [1.807, 2.05) is 24.3 Å². The molecule has 114 valence electrons. The van der Waals surface area contributed by atoms with Crippen molar-refractivity contribution in [1.82, 2.24) is 5.32 Å². The lowest BCUT2D eigenvalue weighted by molar-refractivity contribution is 0.282. The highest BCUT2D eigenvalue weighted by molar-refractivity contribution is 5.99. The van der Waals surface area contributed by atoms with E-state index in [4.69, 9.17) is 9.47 Å². The molecule has 22 heavy (non-hydrogen) atoms. The normalized spacial score (nSPS) is 13.5. The van der Waals surface area contributed by atoms with Crippen LogP contribution in [0.25, 0.3) is 0 Å². The Morgan fingerprint density at radius 3 is 2.77 bits per heavy atom. The summed E-state index contributed by atoms with van der Waals surface area (Å²) in [5.41, 5.74) is 1.61. The molecule has 0 amide bonds. The summed E-state index contributed by atoms with van der Waals surface area (Å²) in [4.78, 5) is 4.27. The van der Waals surface area contributed by atoms with Crippen molar-refractivity contribution < 1.29 is 13.9 Å². The summed E-state index contributed by atoms with van der Waals surface area (Å²) in [7, 11) is 1.60. The number of amidine groups is 1. The van der Waals surface area contributed by atoms with E-state index in [1.165, 1.54) is 6.07 Å². The fraction of sp³-hybridized carbons (Fsp3) is 0.235. The largest absolute Gasteiger partial charge is 0.496 e. The minimum Gasteiger partial charge on any atom is -0.496 e. The highest BCUT2D eigenvalue weighted by Gasteiger charge is 2.12. The van der Waals surface area contributed by atoms with Crippen molar-refractivity contribution in [3.05, 3.63) is 59.4 Å². The van der Waals surface area contributed by atoms with Gasteiger partial charge in [0.15, 0.2) is 11.6 Å². The molecule has 0 unspecified atom stereocenters. The molecule has 0 bridgehead atoms. The Balaban J connectivity index is 1.73. The maximum atomic E-state index is 14.1. The number of rotatable bonds is 5. The zero-order chi connectivity index (χ0) is 15.4. The molecule has 0 aliphatic carbocycles. The summed E-state index contributed by atoms with van der Waals surface area (Å²) in [5, 5.41) is 3.12. The molecule has 3 rings (SSSR count). The topological polar surface area (TPSA) is 42.9 Å². The molecule has 1 heterocycles. The lowest BCUT2D eigenvalue weighted by Crippen LogP contribution is -2.19. The van der Waals surface area contributed by atoms with Crippen LogP contribution in [0.15, 0.2) is 47.5 Å². The second-order valence-corrected chi connectivity index (χ2v) is 4.90. The van der Waals surface area contributed by atoms with Crippen LogP contribution >= 0.6 is 0 Å². The quantitative estimate of drug-likeness (QED) is 0.923. The molecule has 0 saturated carbocycles. The maximum Gasteiger partial charge on any atom is 0.165 e. The highest BCUT2D eigenvalue weighted by atomic mass is 19.1. The smallest absolute Gasteiger partial charge is 0.165 e. The molecule has 1 aliphatic rings. The van der Waals surface area contributed by atoms with Crippen LogP contribution in [0.2, 0.25) is 0 Å². The average Bonchev–Trinajstić information content (AvgIpc) is 3.08. The Kier molecular flexibility index (Phi) is 4.23. The van der Waals surface area contributed by atoms with Gasteiger partial charge in [0.25, 0.3) is 0 Å². The summed E-state index contributed by atoms with van der Waals surface area (Å²) in [6.07, 6.45) is 0. The minimum absolute atomic E-state index is 0.216. The van der Waals surface area contributed by atoms with E-state index in [1.54, 1.807) is 19.2 Å². The minimum atomic E-state index is -0.399. The van der Waals surface area contributed by atoms with E-state index in [0.717, 1.165) is 35.8 Å². The van der Waals surface area contributed by atoms with Gasteiger partial charge in [-0.25, -0.2) is 4.39 Å². The Morgan fingerprint density at radius 1 is 1.18 bits per heavy atom. The van der Waals surface area contributed by atoms with Gasteiger partial charge in [0.05, 0.1) is 13.7 Å². The summed E-state index contributed by atoms with van der Waals surface area (Å²) < 4.78 is 25.0. The number of para-hydroxylation sites is 1. The van der Waals surface area contributed by atoms with Gasteiger partial charge in [-0.15, -0.1) is 0 Å². The van der Waals surface area contributed by atoms with E-state index < -0.39 is 5.82 Å². The first kappa shape index (κ1) is 14.4. The third-order valence-electron chi connectivity index (χ3n) is 3.46. The van der Waals surface area contributed by atoms with Crippen LogP contribution in [-0.2, 0) is 6.61 Å². The number of nitrogens with zero attached hydrogens (tertiary/aromatic N) is 1. The van der Waals surface area contributed by atoms with Crippen LogP contribution in [0, 0.1) is 5.82 Å². The van der Waals surface area contributed by atoms with Gasteiger partial charge in [0.2, 0.25) is 0 Å². The highest BCUT2D eigenvalue weighted by Crippen LogP contribution is 2.23. The predicted molar refractivity (Wildman–Crippen MR) is 83.1 cm³/mol. The van der Waals surface area contributed by atoms with Crippen LogP contribution in [0.3, 0.4) is 0 Å². The van der Waals surface area contributed by atoms with Crippen molar-refractivity contribution in [2.24, 2.45) is 4.99 Å². The van der Waals surface area contributed by atoms with Crippen molar-refractivity contribution in [3.63, 3.8) is 0 Å². The van der Waals surface area contributed by atoms with Gasteiger partial charge >= 0.3 is 0 Å². The van der Waals surface area contributed by atoms with Crippen LogP contribution in [0.4, 0.5) is 4.39 Å². The molecule has 1 N–H and O–H groups in total. The number of nitrogens with one attached hydrogen (secondary N) is 1. The molecule has 2 aromatic rings. The third kappa shape index (κ3) is 3.03. The number of hydrogen-bond acceptors (Lipinski definition) is 4. The van der Waals surface area contributed by atoms with Crippen molar-refractivity contribution in [3.8, 4) is 11.5 Å². The molecule has 1 aliphatic heterocycles. The zero-order valence-electron chi connectivity index (χ0n) is 12.3. The summed E-state index contributed by atoms with van der Waals surface area (Å²) in [6, 6.07) is 12.4. The molecule has 0 radical (unpaired) electrons. The van der Waals surface area contributed by atoms with Gasteiger partial charge in [-0.3, -0.25) is 4.99 Å². The fourth-order valence-electron chi connectivity index (χ4n) is 2.33. The second kappa shape index (κ2) is 6.47. The number of methoxy groups -OCH3 is 1. The van der Waals surface area contributed by atoms with Gasteiger partial charge in [-0.2, -0.15) is 0 Å². The van der Waals surface area contributed by atoms with Crippen LogP contribution < -0.4 is 14.8 Å². The van der Waals surface area contributed by atoms with E-state index >= 15 is 0 Å². The van der Waals surface area contributed by atoms with Gasteiger partial charge < -0.3 is 14.8 Å². The number of benzene rings is 2. The molecular formula is C17H17FN2O2. The van der Waals surface area contributed by atoms with Crippen molar-refractivity contribution >= 4 is 5.84 Å². The first-order valence-corrected chi connectivity index (χ1v) is 7.11. The first-order valence-electron chi connectivity index (χ1n) is 7.11. The Morgan fingerprint density at radius 2 is 2.05 bits per heavy atom. The van der Waals surface area contributed by atoms with E-state index in [0.29, 0.717) is 0 Å². The summed E-state index contributed by atoms with van der Waals surface area (Å²) in [6.45, 7) is 1.77. The van der Waals surface area contributed by atoms with Gasteiger partial charge in [0.1, 0.15) is 18.2 Å². The van der Waals surface area contributed by atoms with Gasteiger partial charge in [0, 0.05) is 17.7 Å². The molecule has 0 spiro atoms. The average molecular weight is 300 g/mol. The van der Waals surface area contributed by atoms with Gasteiger partial charge in [-0.05, 0) is 24.3 Å². The van der Waals surface area contributed by atoms with Crippen molar-refractivity contribution in [1.29, 1.82) is 0 Å². The molecule has 5 heteroatoms. The molecule has 0 fully saturated rings. The monoisotopic (exact) mass is 300 g/mol. The predicted octanol–water partition coefficient (Wildman–Crippen LogP) is 2.76. The number of aliphatic imine (C=N–C) groups is 1. The Bertz CT molecular complexity index is 701. The Labute approximate surface area is 128 Å². The van der Waals surface area contributed by atoms with E-state index in [2.05, 4.69) is 10.3 Å². The molecular weight excluding hydrogens is 283 g/mol. The molecule has 2 aromatic carbocycles. The van der Waals surface area contributed by atoms with E-state index in [-0.39, 0.29) is 12.4 Å². The van der Waals surface area contributed by atoms with Crippen molar-refractivity contribution in [2.75, 3.05) is 20.2 Å². The number of hydrogen-bond donors (Lipinski definition) is 1. The second-order valence-electron chi connectivity index (χ2n) is 4.90. The maximum absolute atomic E-state index is 14.1. The summed E-state index contributed by atoms with van der Waals surface area (Å²) in [5.74, 6) is 1.27. The van der Waals surface area contributed by atoms with Crippen LogP contribution in [-0.4, -0.2) is 26.0 Å². The molecule has 0 atom stereocenters. The number of ether oxygens (including phenoxy) is 2.